The van der Waals surface area contributed by atoms with Gasteiger partial charge >= 0.3 is 0 Å². The van der Waals surface area contributed by atoms with Crippen molar-refractivity contribution in [3.63, 3.8) is 0 Å². The Hall–Kier alpha value is -3.98. The van der Waals surface area contributed by atoms with Gasteiger partial charge in [-0.15, -0.1) is 0 Å². The number of carbonyl (C=O) groups is 1. The van der Waals surface area contributed by atoms with Crippen molar-refractivity contribution in [3.8, 4) is 11.8 Å². The lowest BCUT2D eigenvalue weighted by atomic mass is 9.97. The molecular formula is C24H20N2O4. The highest BCUT2D eigenvalue weighted by Crippen LogP contribution is 2.31. The first-order valence-electron chi connectivity index (χ1n) is 9.60. The molecule has 3 aromatic rings. The number of non-ortho nitro benzene ring substituents is 1. The van der Waals surface area contributed by atoms with Gasteiger partial charge in [0.1, 0.15) is 17.4 Å². The minimum absolute atomic E-state index is 0.0886. The fourth-order valence-electron chi connectivity index (χ4n) is 3.09. The van der Waals surface area contributed by atoms with Crippen molar-refractivity contribution in [1.82, 2.24) is 0 Å². The summed E-state index contributed by atoms with van der Waals surface area (Å²) in [6.07, 6.45) is 3.37. The van der Waals surface area contributed by atoms with Crippen LogP contribution >= 0.6 is 0 Å². The van der Waals surface area contributed by atoms with Gasteiger partial charge in [-0.1, -0.05) is 55.8 Å². The number of allylic oxidation sites excluding steroid dienone is 1. The molecule has 150 valence electrons. The molecule has 0 radical (unpaired) electrons. The Balaban J connectivity index is 2.09. The molecule has 0 aromatic heterocycles. The zero-order valence-corrected chi connectivity index (χ0v) is 16.5. The first kappa shape index (κ1) is 20.7. The topological polar surface area (TPSA) is 93.2 Å². The molecule has 30 heavy (non-hydrogen) atoms. The second-order valence-corrected chi connectivity index (χ2v) is 6.71. The van der Waals surface area contributed by atoms with E-state index >= 15 is 0 Å². The van der Waals surface area contributed by atoms with Crippen LogP contribution in [-0.2, 0) is 0 Å². The van der Waals surface area contributed by atoms with E-state index in [0.29, 0.717) is 17.9 Å². The van der Waals surface area contributed by atoms with E-state index < -0.39 is 10.7 Å². The number of hydrogen-bond donors (Lipinski definition) is 0. The van der Waals surface area contributed by atoms with Crippen LogP contribution in [0.4, 0.5) is 5.69 Å². The summed E-state index contributed by atoms with van der Waals surface area (Å²) in [4.78, 5) is 23.4. The smallest absolute Gasteiger partial charge is 0.270 e. The zero-order chi connectivity index (χ0) is 21.5. The lowest BCUT2D eigenvalue weighted by molar-refractivity contribution is -0.384. The number of nitriles is 1. The summed E-state index contributed by atoms with van der Waals surface area (Å²) in [5.74, 6) is 0.00962. The highest BCUT2D eigenvalue weighted by Gasteiger charge is 2.17. The van der Waals surface area contributed by atoms with Gasteiger partial charge in [0.15, 0.2) is 0 Å². The van der Waals surface area contributed by atoms with Gasteiger partial charge in [0.05, 0.1) is 11.5 Å². The molecule has 0 unspecified atom stereocenters. The van der Waals surface area contributed by atoms with Gasteiger partial charge in [-0.2, -0.15) is 5.26 Å². The van der Waals surface area contributed by atoms with Gasteiger partial charge < -0.3 is 4.74 Å². The molecule has 6 nitrogen and oxygen atoms in total. The van der Waals surface area contributed by atoms with Crippen molar-refractivity contribution < 1.29 is 14.5 Å². The molecule has 0 N–H and O–H groups in total. The first-order chi connectivity index (χ1) is 14.5. The molecular weight excluding hydrogens is 380 g/mol. The quantitative estimate of drug-likeness (QED) is 0.120. The van der Waals surface area contributed by atoms with Crippen LogP contribution in [0.5, 0.6) is 5.75 Å². The maximum atomic E-state index is 12.9. The Labute approximate surface area is 174 Å². The number of ether oxygens (including phenoxy) is 1. The van der Waals surface area contributed by atoms with Crippen LogP contribution in [0.1, 0.15) is 35.7 Å². The monoisotopic (exact) mass is 400 g/mol. The van der Waals surface area contributed by atoms with Gasteiger partial charge in [0.2, 0.25) is 5.78 Å². The molecule has 0 amide bonds. The second-order valence-electron chi connectivity index (χ2n) is 6.71. The van der Waals surface area contributed by atoms with Gasteiger partial charge in [-0.25, -0.2) is 0 Å². The molecule has 0 fully saturated rings. The summed E-state index contributed by atoms with van der Waals surface area (Å²) in [7, 11) is 0. The van der Waals surface area contributed by atoms with E-state index in [9.17, 15) is 20.2 Å². The van der Waals surface area contributed by atoms with Crippen LogP contribution in [0, 0.1) is 21.4 Å². The van der Waals surface area contributed by atoms with E-state index in [1.807, 2.05) is 42.5 Å². The molecule has 0 aliphatic carbocycles. The normalized spacial score (nSPS) is 11.1. The summed E-state index contributed by atoms with van der Waals surface area (Å²) < 4.78 is 5.91. The third kappa shape index (κ3) is 4.53. The molecule has 0 spiro atoms. The number of nitro groups is 1. The minimum atomic E-state index is -0.575. The molecule has 0 saturated carbocycles. The summed E-state index contributed by atoms with van der Waals surface area (Å²) in [5.41, 5.74) is 0.407. The number of fused-ring (bicyclic) bond motifs is 1. The Morgan fingerprint density at radius 3 is 2.70 bits per heavy atom. The number of hydrogen-bond acceptors (Lipinski definition) is 5. The third-order valence-electron chi connectivity index (χ3n) is 4.66. The predicted octanol–water partition coefficient (Wildman–Crippen LogP) is 5.72. The molecule has 0 atom stereocenters. The Kier molecular flexibility index (Phi) is 6.56. The number of nitrogens with zero attached hydrogens (tertiary/aromatic N) is 2. The summed E-state index contributed by atoms with van der Waals surface area (Å²) >= 11 is 0. The minimum Gasteiger partial charge on any atom is -0.493 e. The second kappa shape index (κ2) is 9.48. The van der Waals surface area contributed by atoms with Crippen molar-refractivity contribution in [2.45, 2.75) is 19.8 Å². The SMILES string of the molecule is CCCCOc1ccc2ccccc2c1/C=C(\C#N)C(=O)c1cccc([N+](=O)[O-])c1. The Bertz CT molecular complexity index is 1180. The Morgan fingerprint density at radius 1 is 1.17 bits per heavy atom. The molecule has 0 saturated heterocycles. The van der Waals surface area contributed by atoms with Crippen LogP contribution in [0.15, 0.2) is 66.2 Å². The van der Waals surface area contributed by atoms with Gasteiger partial charge in [-0.3, -0.25) is 14.9 Å². The van der Waals surface area contributed by atoms with E-state index in [-0.39, 0.29) is 16.8 Å². The standard InChI is InChI=1S/C24H20N2O4/c1-2-3-13-30-23-12-11-17-7-4-5-10-21(17)22(23)15-19(16-25)24(27)18-8-6-9-20(14-18)26(28)29/h4-12,14-15H,2-3,13H2,1H3/b19-15+. The van der Waals surface area contributed by atoms with Crippen molar-refractivity contribution >= 4 is 28.3 Å². The zero-order valence-electron chi connectivity index (χ0n) is 16.5. The average Bonchev–Trinajstić information content (AvgIpc) is 2.78. The number of nitro benzene ring substituents is 1. The van der Waals surface area contributed by atoms with Crippen molar-refractivity contribution in [2.24, 2.45) is 0 Å². The molecule has 0 heterocycles. The van der Waals surface area contributed by atoms with Crippen LogP contribution in [0.25, 0.3) is 16.8 Å². The summed E-state index contributed by atoms with van der Waals surface area (Å²) in [5, 5.41) is 22.5. The van der Waals surface area contributed by atoms with E-state index in [4.69, 9.17) is 4.74 Å². The lowest BCUT2D eigenvalue weighted by Gasteiger charge is -2.12. The fraction of sp³-hybridized carbons (Fsp3) is 0.167. The molecule has 6 heteroatoms. The number of unbranched alkanes of at least 4 members (excludes halogenated alkanes) is 1. The van der Waals surface area contributed by atoms with Crippen molar-refractivity contribution in [3.05, 3.63) is 87.5 Å². The van der Waals surface area contributed by atoms with Crippen molar-refractivity contribution in [1.29, 1.82) is 5.26 Å². The maximum Gasteiger partial charge on any atom is 0.270 e. The van der Waals surface area contributed by atoms with Crippen LogP contribution < -0.4 is 4.74 Å². The molecule has 3 aromatic carbocycles. The summed E-state index contributed by atoms with van der Waals surface area (Å²) in [6.45, 7) is 2.59. The van der Waals surface area contributed by atoms with E-state index in [1.165, 1.54) is 30.3 Å². The highest BCUT2D eigenvalue weighted by atomic mass is 16.6. The number of Topliss-reactive ketones (excluding diaryl/α,β-unsaturated/α-hetero) is 1. The maximum absolute atomic E-state index is 12.9. The molecule has 0 aliphatic rings. The predicted molar refractivity (Wildman–Crippen MR) is 115 cm³/mol. The molecule has 0 aliphatic heterocycles. The van der Waals surface area contributed by atoms with Crippen LogP contribution in [0.3, 0.4) is 0 Å². The molecule has 0 bridgehead atoms. The highest BCUT2D eigenvalue weighted by molar-refractivity contribution is 6.15. The lowest BCUT2D eigenvalue weighted by Crippen LogP contribution is -2.04. The third-order valence-corrected chi connectivity index (χ3v) is 4.66. The summed E-state index contributed by atoms with van der Waals surface area (Å²) in [6, 6.07) is 18.7. The van der Waals surface area contributed by atoms with Crippen molar-refractivity contribution in [2.75, 3.05) is 6.61 Å². The van der Waals surface area contributed by atoms with E-state index in [2.05, 4.69) is 6.92 Å². The van der Waals surface area contributed by atoms with Crippen LogP contribution in [-0.4, -0.2) is 17.3 Å². The number of ketones is 1. The van der Waals surface area contributed by atoms with Gasteiger partial charge in [-0.05, 0) is 29.3 Å². The molecule has 3 rings (SSSR count). The number of rotatable bonds is 8. The average molecular weight is 400 g/mol. The largest absolute Gasteiger partial charge is 0.493 e. The van der Waals surface area contributed by atoms with E-state index in [0.717, 1.165) is 23.6 Å². The number of carbonyl (C=O) groups excluding carboxylic acids is 1. The van der Waals surface area contributed by atoms with E-state index in [1.54, 1.807) is 0 Å². The number of benzene rings is 3. The van der Waals surface area contributed by atoms with Crippen LogP contribution in [0.2, 0.25) is 0 Å². The fourth-order valence-corrected chi connectivity index (χ4v) is 3.09. The van der Waals surface area contributed by atoms with Gasteiger partial charge in [0.25, 0.3) is 5.69 Å². The van der Waals surface area contributed by atoms with Gasteiger partial charge in [0, 0.05) is 23.3 Å². The first-order valence-corrected chi connectivity index (χ1v) is 9.60. The Morgan fingerprint density at radius 2 is 1.97 bits per heavy atom.